The predicted molar refractivity (Wildman–Crippen MR) is 103 cm³/mol. The first-order chi connectivity index (χ1) is 13.0. The van der Waals surface area contributed by atoms with Gasteiger partial charge < -0.3 is 9.47 Å². The molecule has 3 rings (SSSR count). The second kappa shape index (κ2) is 8.22. The van der Waals surface area contributed by atoms with Crippen molar-refractivity contribution >= 4 is 17.5 Å². The topological polar surface area (TPSA) is 79.1 Å². The number of rotatable bonds is 7. The highest BCUT2D eigenvalue weighted by molar-refractivity contribution is 7.99. The van der Waals surface area contributed by atoms with Gasteiger partial charge in [0.1, 0.15) is 0 Å². The molecule has 0 aliphatic rings. The number of ketones is 1. The summed E-state index contributed by atoms with van der Waals surface area (Å²) in [5, 5.41) is 12.4. The summed E-state index contributed by atoms with van der Waals surface area (Å²) in [5.41, 5.74) is 3.68. The fourth-order valence-corrected chi connectivity index (χ4v) is 3.46. The number of methoxy groups -OCH3 is 2. The molecule has 0 radical (unpaired) electrons. The Bertz CT molecular complexity index is 971. The molecule has 0 amide bonds. The van der Waals surface area contributed by atoms with E-state index in [0.29, 0.717) is 22.2 Å². The molecule has 2 aromatic carbocycles. The highest BCUT2D eigenvalue weighted by Crippen LogP contribution is 2.29. The van der Waals surface area contributed by atoms with Gasteiger partial charge in [0, 0.05) is 5.56 Å². The maximum atomic E-state index is 12.6. The Kier molecular flexibility index (Phi) is 5.75. The Hall–Kier alpha value is -2.87. The molecule has 0 saturated carbocycles. The van der Waals surface area contributed by atoms with Crippen molar-refractivity contribution in [2.45, 2.75) is 19.0 Å². The molecule has 1 aromatic heterocycles. The van der Waals surface area contributed by atoms with E-state index in [4.69, 9.17) is 9.47 Å². The summed E-state index contributed by atoms with van der Waals surface area (Å²) >= 11 is 1.29. The van der Waals surface area contributed by atoms with E-state index in [1.54, 1.807) is 37.1 Å². The molecular formula is C19H20N4O3S. The van der Waals surface area contributed by atoms with E-state index < -0.39 is 0 Å². The van der Waals surface area contributed by atoms with Gasteiger partial charge in [0.15, 0.2) is 17.3 Å². The summed E-state index contributed by atoms with van der Waals surface area (Å²) in [5.74, 6) is 1.27. The van der Waals surface area contributed by atoms with Gasteiger partial charge in [0.2, 0.25) is 5.16 Å². The molecule has 0 fully saturated rings. The summed E-state index contributed by atoms with van der Waals surface area (Å²) < 4.78 is 12.1. The van der Waals surface area contributed by atoms with Crippen LogP contribution < -0.4 is 9.47 Å². The minimum absolute atomic E-state index is 0.0452. The van der Waals surface area contributed by atoms with Crippen LogP contribution in [0.4, 0.5) is 0 Å². The van der Waals surface area contributed by atoms with Crippen LogP contribution in [0.3, 0.4) is 0 Å². The Labute approximate surface area is 161 Å². The van der Waals surface area contributed by atoms with Crippen LogP contribution in [0.1, 0.15) is 21.5 Å². The summed E-state index contributed by atoms with van der Waals surface area (Å²) in [7, 11) is 3.10. The lowest BCUT2D eigenvalue weighted by molar-refractivity contribution is 0.102. The van der Waals surface area contributed by atoms with Crippen molar-refractivity contribution in [2.75, 3.05) is 20.0 Å². The SMILES string of the molecule is COc1ccc(C(=O)CSc2nnnn2-c2ccc(C)cc2C)cc1OC. The van der Waals surface area contributed by atoms with Gasteiger partial charge in [-0.1, -0.05) is 29.5 Å². The van der Waals surface area contributed by atoms with E-state index in [-0.39, 0.29) is 11.5 Å². The minimum atomic E-state index is -0.0452. The minimum Gasteiger partial charge on any atom is -0.493 e. The van der Waals surface area contributed by atoms with Crippen molar-refractivity contribution in [1.29, 1.82) is 0 Å². The molecule has 0 saturated heterocycles. The smallest absolute Gasteiger partial charge is 0.214 e. The first kappa shape index (κ1) is 18.9. The number of aromatic nitrogens is 4. The number of carbonyl (C=O) groups excluding carboxylic acids is 1. The summed E-state index contributed by atoms with van der Waals surface area (Å²) in [6, 6.07) is 11.2. The van der Waals surface area contributed by atoms with Crippen LogP contribution in [0.25, 0.3) is 5.69 Å². The summed E-state index contributed by atoms with van der Waals surface area (Å²) in [6.45, 7) is 4.04. The lowest BCUT2D eigenvalue weighted by atomic mass is 10.1. The average molecular weight is 384 g/mol. The van der Waals surface area contributed by atoms with Crippen LogP contribution in [0, 0.1) is 13.8 Å². The van der Waals surface area contributed by atoms with E-state index in [0.717, 1.165) is 11.3 Å². The second-order valence-corrected chi connectivity index (χ2v) is 6.89. The fourth-order valence-electron chi connectivity index (χ4n) is 2.69. The molecule has 0 aliphatic heterocycles. The molecule has 0 N–H and O–H groups in total. The van der Waals surface area contributed by atoms with Crippen LogP contribution in [0.2, 0.25) is 0 Å². The zero-order valence-electron chi connectivity index (χ0n) is 15.6. The Morgan fingerprint density at radius 3 is 2.56 bits per heavy atom. The lowest BCUT2D eigenvalue weighted by Gasteiger charge is -2.09. The van der Waals surface area contributed by atoms with Gasteiger partial charge in [-0.25, -0.2) is 0 Å². The number of hydrogen-bond donors (Lipinski definition) is 0. The van der Waals surface area contributed by atoms with E-state index in [1.165, 1.54) is 17.3 Å². The number of Topliss-reactive ketones (excluding diaryl/α,β-unsaturated/α-hetero) is 1. The number of hydrogen-bond acceptors (Lipinski definition) is 7. The molecule has 0 unspecified atom stereocenters. The molecular weight excluding hydrogens is 364 g/mol. The van der Waals surface area contributed by atoms with Crippen LogP contribution >= 0.6 is 11.8 Å². The highest BCUT2D eigenvalue weighted by Gasteiger charge is 2.15. The van der Waals surface area contributed by atoms with Crippen molar-refractivity contribution < 1.29 is 14.3 Å². The maximum Gasteiger partial charge on any atom is 0.214 e. The van der Waals surface area contributed by atoms with Crippen molar-refractivity contribution in [1.82, 2.24) is 20.2 Å². The molecule has 0 atom stereocenters. The van der Waals surface area contributed by atoms with Crippen LogP contribution in [0.15, 0.2) is 41.6 Å². The van der Waals surface area contributed by atoms with Gasteiger partial charge >= 0.3 is 0 Å². The largest absolute Gasteiger partial charge is 0.493 e. The average Bonchev–Trinajstić information content (AvgIpc) is 3.13. The van der Waals surface area contributed by atoms with E-state index in [9.17, 15) is 4.79 Å². The van der Waals surface area contributed by atoms with E-state index in [2.05, 4.69) is 21.6 Å². The quantitative estimate of drug-likeness (QED) is 0.457. The van der Waals surface area contributed by atoms with Crippen molar-refractivity contribution in [3.63, 3.8) is 0 Å². The molecule has 8 heteroatoms. The van der Waals surface area contributed by atoms with Gasteiger partial charge in [-0.15, -0.1) is 5.10 Å². The van der Waals surface area contributed by atoms with Gasteiger partial charge in [0.05, 0.1) is 25.7 Å². The molecule has 3 aromatic rings. The number of ether oxygens (including phenoxy) is 2. The third-order valence-corrected chi connectivity index (χ3v) is 4.98. The lowest BCUT2D eigenvalue weighted by Crippen LogP contribution is -2.06. The fraction of sp³-hybridized carbons (Fsp3) is 0.263. The molecule has 27 heavy (non-hydrogen) atoms. The van der Waals surface area contributed by atoms with Crippen LogP contribution in [0.5, 0.6) is 11.5 Å². The number of carbonyl (C=O) groups is 1. The number of tetrazole rings is 1. The van der Waals surface area contributed by atoms with Gasteiger partial charge in [-0.2, -0.15) is 4.68 Å². The zero-order valence-corrected chi connectivity index (χ0v) is 16.4. The Morgan fingerprint density at radius 1 is 1.07 bits per heavy atom. The predicted octanol–water partition coefficient (Wildman–Crippen LogP) is 3.27. The Morgan fingerprint density at radius 2 is 1.85 bits per heavy atom. The van der Waals surface area contributed by atoms with E-state index in [1.807, 2.05) is 26.0 Å². The van der Waals surface area contributed by atoms with Gasteiger partial charge in [-0.05, 0) is 54.1 Å². The highest BCUT2D eigenvalue weighted by atomic mass is 32.2. The van der Waals surface area contributed by atoms with E-state index >= 15 is 0 Å². The normalized spacial score (nSPS) is 10.7. The third kappa shape index (κ3) is 4.11. The first-order valence-corrected chi connectivity index (χ1v) is 9.26. The number of benzene rings is 2. The standard InChI is InChI=1S/C19H20N4O3S/c1-12-5-7-15(13(2)9-12)23-19(20-21-22-23)27-11-16(24)14-6-8-17(25-3)18(10-14)26-4/h5-10H,11H2,1-4H3. The maximum absolute atomic E-state index is 12.6. The molecule has 7 nitrogen and oxygen atoms in total. The molecule has 1 heterocycles. The summed E-state index contributed by atoms with van der Waals surface area (Å²) in [4.78, 5) is 12.6. The number of aryl methyl sites for hydroxylation is 2. The number of thioether (sulfide) groups is 1. The van der Waals surface area contributed by atoms with Gasteiger partial charge in [0.25, 0.3) is 0 Å². The monoisotopic (exact) mass is 384 g/mol. The van der Waals surface area contributed by atoms with Crippen LogP contribution in [-0.4, -0.2) is 46.0 Å². The molecule has 0 aliphatic carbocycles. The second-order valence-electron chi connectivity index (χ2n) is 5.94. The van der Waals surface area contributed by atoms with Crippen molar-refractivity contribution in [3.8, 4) is 17.2 Å². The molecule has 0 bridgehead atoms. The molecule has 0 spiro atoms. The molecule has 140 valence electrons. The third-order valence-electron chi connectivity index (χ3n) is 4.06. The van der Waals surface area contributed by atoms with Crippen molar-refractivity contribution in [3.05, 3.63) is 53.1 Å². The summed E-state index contributed by atoms with van der Waals surface area (Å²) in [6.07, 6.45) is 0. The first-order valence-electron chi connectivity index (χ1n) is 8.27. The van der Waals surface area contributed by atoms with Crippen molar-refractivity contribution in [2.24, 2.45) is 0 Å². The van der Waals surface area contributed by atoms with Crippen LogP contribution in [-0.2, 0) is 0 Å². The van der Waals surface area contributed by atoms with Gasteiger partial charge in [-0.3, -0.25) is 4.79 Å². The Balaban J connectivity index is 1.76. The number of nitrogens with zero attached hydrogens (tertiary/aromatic N) is 4. The zero-order chi connectivity index (χ0) is 19.4.